The van der Waals surface area contributed by atoms with Crippen LogP contribution in [0.2, 0.25) is 0 Å². The fraction of sp³-hybridized carbons (Fsp3) is 0. The molecule has 4 heterocycles. The zero-order valence-electron chi connectivity index (χ0n) is 40.0. The van der Waals surface area contributed by atoms with E-state index in [0.29, 0.717) is 59.2 Å². The average molecular weight is 720 g/mol. The summed E-state index contributed by atoms with van der Waals surface area (Å²) in [5.74, 6) is 0.683. The molecule has 0 unspecified atom stereocenters. The zero-order chi connectivity index (χ0) is 46.0. The van der Waals surface area contributed by atoms with Crippen molar-refractivity contribution in [3.8, 4) is 51.0 Å². The van der Waals surface area contributed by atoms with Crippen LogP contribution in [0, 0.1) is 0 Å². The van der Waals surface area contributed by atoms with Gasteiger partial charge in [0.1, 0.15) is 0 Å². The van der Waals surface area contributed by atoms with Crippen molar-refractivity contribution in [2.24, 2.45) is 0 Å². The number of nitrogens with zero attached hydrogens (tertiary/aromatic N) is 5. The first-order valence-electron chi connectivity index (χ1n) is 23.0. The van der Waals surface area contributed by atoms with Gasteiger partial charge in [-0.15, -0.1) is 11.3 Å². The average Bonchev–Trinajstić information content (AvgIpc) is 3.91. The van der Waals surface area contributed by atoms with Crippen LogP contribution in [0.5, 0.6) is 0 Å². The molecule has 4 aromatic heterocycles. The first-order chi connectivity index (χ1) is 31.7. The molecule has 11 rings (SSSR count). The molecule has 0 aliphatic rings. The molecule has 5 nitrogen and oxygen atoms in total. The third kappa shape index (κ3) is 4.85. The molecule has 11 aromatic rings. The van der Waals surface area contributed by atoms with E-state index in [-0.39, 0.29) is 93.7 Å². The minimum absolute atomic E-state index is 0.00978. The number of aromatic nitrogens is 5. The van der Waals surface area contributed by atoms with E-state index in [9.17, 15) is 0 Å². The van der Waals surface area contributed by atoms with E-state index in [1.54, 1.807) is 36.5 Å². The highest BCUT2D eigenvalue weighted by atomic mass is 32.1. The molecule has 54 heavy (non-hydrogen) atoms. The Kier molecular flexibility index (Phi) is 4.75. The van der Waals surface area contributed by atoms with Crippen LogP contribution in [0.3, 0.4) is 0 Å². The summed E-state index contributed by atoms with van der Waals surface area (Å²) in [6.45, 7) is 0. The predicted octanol–water partition coefficient (Wildman–Crippen LogP) is 12.6. The molecule has 0 fully saturated rings. The van der Waals surface area contributed by atoms with Gasteiger partial charge in [-0.1, -0.05) is 121 Å². The molecule has 0 N–H and O–H groups in total. The number of hydrogen-bond donors (Lipinski definition) is 0. The van der Waals surface area contributed by atoms with Crippen LogP contribution in [0.4, 0.5) is 0 Å². The maximum absolute atomic E-state index is 9.14. The van der Waals surface area contributed by atoms with Gasteiger partial charge in [0.15, 0.2) is 17.5 Å². The second-order valence-electron chi connectivity index (χ2n) is 12.5. The Morgan fingerprint density at radius 1 is 0.481 bits per heavy atom. The summed E-state index contributed by atoms with van der Waals surface area (Å²) in [6.07, 6.45) is 1.69. The lowest BCUT2D eigenvalue weighted by atomic mass is 10.0. The van der Waals surface area contributed by atoms with Crippen molar-refractivity contribution in [3.05, 3.63) is 176 Å². The third-order valence-electron chi connectivity index (χ3n) is 9.46. The number of thiophene rings is 1. The van der Waals surface area contributed by atoms with Gasteiger partial charge < -0.3 is 4.57 Å². The second-order valence-corrected chi connectivity index (χ2v) is 13.5. The van der Waals surface area contributed by atoms with Crippen LogP contribution < -0.4 is 0 Å². The van der Waals surface area contributed by atoms with E-state index in [4.69, 9.17) is 31.4 Å². The Hall–Kier alpha value is -7.02. The van der Waals surface area contributed by atoms with Crippen molar-refractivity contribution in [2.45, 2.75) is 0 Å². The Morgan fingerprint density at radius 3 is 2.15 bits per heavy atom. The summed E-state index contributed by atoms with van der Waals surface area (Å²) in [5, 5.41) is 1.45. The summed E-state index contributed by atoms with van der Waals surface area (Å²) in [6, 6.07) is 24.9. The van der Waals surface area contributed by atoms with Crippen LogP contribution >= 0.6 is 11.3 Å². The van der Waals surface area contributed by atoms with Gasteiger partial charge in [-0.3, -0.25) is 4.98 Å². The number of hydrogen-bond acceptors (Lipinski definition) is 5. The molecule has 252 valence electrons. The van der Waals surface area contributed by atoms with E-state index in [0.717, 1.165) is 5.39 Å². The van der Waals surface area contributed by atoms with Crippen molar-refractivity contribution < 1.29 is 16.4 Å². The SMILES string of the molecule is [2H]c1cc([2H])c2sc3c(-c4cccc(-c5nc(-c6ccccc6-n6c7c([2H])cc([2H])c([2H])c7c7c([2H])c([2H])c([2H])c([2H])c76)nc(-c6cccc7ncccc67)n5)c4)cc([2H])c([2H])c3c2c1[2H]. The van der Waals surface area contributed by atoms with Crippen molar-refractivity contribution >= 4 is 64.2 Å². The largest absolute Gasteiger partial charge is 0.309 e. The quantitative estimate of drug-likeness (QED) is 0.178. The van der Waals surface area contributed by atoms with Gasteiger partial charge in [0.05, 0.1) is 38.7 Å². The topological polar surface area (TPSA) is 56.5 Å². The number of fused-ring (bicyclic) bond motifs is 7. The lowest BCUT2D eigenvalue weighted by Crippen LogP contribution is -2.04. The maximum Gasteiger partial charge on any atom is 0.166 e. The predicted molar refractivity (Wildman–Crippen MR) is 224 cm³/mol. The minimum atomic E-state index is -0.508. The molecule has 0 bridgehead atoms. The molecule has 6 heteroatoms. The van der Waals surface area contributed by atoms with Crippen LogP contribution in [-0.2, 0) is 0 Å². The highest BCUT2D eigenvalue weighted by Gasteiger charge is 2.20. The summed E-state index contributed by atoms with van der Waals surface area (Å²) < 4.78 is 108. The summed E-state index contributed by atoms with van der Waals surface area (Å²) in [7, 11) is 0. The van der Waals surface area contributed by atoms with E-state index in [1.807, 2.05) is 54.6 Å². The Labute approximate surface area is 331 Å². The molecule has 0 radical (unpaired) electrons. The molecule has 0 amide bonds. The maximum atomic E-state index is 9.14. The van der Waals surface area contributed by atoms with E-state index in [1.165, 1.54) is 28.0 Å². The fourth-order valence-corrected chi connectivity index (χ4v) is 8.19. The van der Waals surface area contributed by atoms with E-state index < -0.39 is 18.1 Å². The first-order valence-corrected chi connectivity index (χ1v) is 17.8. The van der Waals surface area contributed by atoms with Crippen LogP contribution in [0.25, 0.3) is 104 Å². The van der Waals surface area contributed by atoms with Gasteiger partial charge in [0.25, 0.3) is 0 Å². The van der Waals surface area contributed by atoms with E-state index in [2.05, 4.69) is 4.98 Å². The molecule has 7 aromatic carbocycles. The summed E-state index contributed by atoms with van der Waals surface area (Å²) in [4.78, 5) is 19.8. The lowest BCUT2D eigenvalue weighted by Gasteiger charge is -2.15. The number of para-hydroxylation sites is 3. The molecular weight excluding hydrogens is 679 g/mol. The molecular formula is C48H29N5S. The van der Waals surface area contributed by atoms with Crippen LogP contribution in [-0.4, -0.2) is 24.5 Å². The monoisotopic (exact) mass is 719 g/mol. The Balaban J connectivity index is 1.19. The molecule has 0 spiro atoms. The highest BCUT2D eigenvalue weighted by molar-refractivity contribution is 7.26. The van der Waals surface area contributed by atoms with Gasteiger partial charge in [-0.25, -0.2) is 15.0 Å². The Morgan fingerprint density at radius 2 is 1.20 bits per heavy atom. The number of pyridine rings is 1. The Bertz CT molecular complexity index is 3940. The van der Waals surface area contributed by atoms with Crippen molar-refractivity contribution in [1.29, 1.82) is 0 Å². The number of rotatable bonds is 5. The lowest BCUT2D eigenvalue weighted by molar-refractivity contribution is 1.07. The molecule has 0 atom stereocenters. The van der Waals surface area contributed by atoms with E-state index >= 15 is 0 Å². The van der Waals surface area contributed by atoms with Gasteiger partial charge in [-0.2, -0.15) is 0 Å². The van der Waals surface area contributed by atoms with Gasteiger partial charge in [0, 0.05) is 59.2 Å². The van der Waals surface area contributed by atoms with Gasteiger partial charge in [0.2, 0.25) is 0 Å². The molecule has 0 aliphatic heterocycles. The fourth-order valence-electron chi connectivity index (χ4n) is 7.07. The summed E-state index contributed by atoms with van der Waals surface area (Å²) >= 11 is 1.24. The molecule has 0 saturated carbocycles. The number of benzene rings is 7. The van der Waals surface area contributed by atoms with Crippen molar-refractivity contribution in [2.75, 3.05) is 0 Å². The zero-order valence-corrected chi connectivity index (χ0v) is 28.8. The first kappa shape index (κ1) is 20.9. The molecule has 0 aliphatic carbocycles. The van der Waals surface area contributed by atoms with Gasteiger partial charge >= 0.3 is 0 Å². The van der Waals surface area contributed by atoms with Crippen molar-refractivity contribution in [1.82, 2.24) is 24.5 Å². The molecule has 0 saturated heterocycles. The smallest absolute Gasteiger partial charge is 0.166 e. The van der Waals surface area contributed by atoms with Gasteiger partial charge in [-0.05, 0) is 59.6 Å². The van der Waals surface area contributed by atoms with Crippen LogP contribution in [0.1, 0.15) is 16.4 Å². The standard InChI is InChI=1S/C48H29N5S/c1-5-24-41-34(15-1)35-16-2-6-25-42(35)53(41)43-26-7-3-18-39(43)48-51-46(50-47(52-48)38-21-11-23-40-33(38)22-12-28-49-40)31-14-9-13-30(29-31)32-19-10-20-37-36-17-4-8-27-44(36)54-45(32)37/h1-29H/i1D,2D,4D,5D,10D,15D,16D,17D,20D,24D,25D,27D. The highest BCUT2D eigenvalue weighted by Crippen LogP contribution is 2.41. The normalized spacial score (nSPS) is 14.8. The van der Waals surface area contributed by atoms with Crippen LogP contribution in [0.15, 0.2) is 176 Å². The third-order valence-corrected chi connectivity index (χ3v) is 10.6. The minimum Gasteiger partial charge on any atom is -0.309 e. The van der Waals surface area contributed by atoms with Crippen molar-refractivity contribution in [3.63, 3.8) is 0 Å². The second kappa shape index (κ2) is 12.3. The summed E-state index contributed by atoms with van der Waals surface area (Å²) in [5.41, 5.74) is 3.98.